The fourth-order valence-corrected chi connectivity index (χ4v) is 3.53. The molecule has 2 N–H and O–H groups in total. The molecule has 2 atom stereocenters. The summed E-state index contributed by atoms with van der Waals surface area (Å²) < 4.78 is 63.7. The molecule has 0 unspecified atom stereocenters. The number of aromatic nitrogens is 2. The number of nitrogens with two attached hydrogens (primary N) is 1. The maximum Gasteiger partial charge on any atom is 0.280 e. The fraction of sp³-hybridized carbons (Fsp3) is 0.429. The molecule has 0 radical (unpaired) electrons. The summed E-state index contributed by atoms with van der Waals surface area (Å²) in [6, 6.07) is 3.41. The number of hydrogen-bond acceptors (Lipinski definition) is 6. The van der Waals surface area contributed by atoms with E-state index < -0.39 is 46.6 Å². The molecule has 2 heterocycles. The molecule has 0 bridgehead atoms. The Labute approximate surface area is 176 Å². The summed E-state index contributed by atoms with van der Waals surface area (Å²) in [5.74, 6) is -5.52. The second-order valence-corrected chi connectivity index (χ2v) is 7.91. The largest absolute Gasteiger partial charge is 0.480 e. The molecule has 1 aromatic heterocycles. The van der Waals surface area contributed by atoms with Crippen molar-refractivity contribution in [3.05, 3.63) is 52.7 Å². The highest BCUT2D eigenvalue weighted by Gasteiger charge is 2.60. The summed E-state index contributed by atoms with van der Waals surface area (Å²) in [6.45, 7) is 3.48. The molecule has 0 aliphatic carbocycles. The number of alkyl halides is 3. The summed E-state index contributed by atoms with van der Waals surface area (Å²) in [5, 5.41) is 0. The van der Waals surface area contributed by atoms with E-state index in [-0.39, 0.29) is 23.6 Å². The average Bonchev–Trinajstić information content (AvgIpc) is 2.67. The maximum absolute atomic E-state index is 14.9. The van der Waals surface area contributed by atoms with Gasteiger partial charge >= 0.3 is 0 Å². The number of nitrogens with zero attached hydrogens (tertiary/aromatic N) is 3. The van der Waals surface area contributed by atoms with Gasteiger partial charge in [0.05, 0.1) is 25.4 Å². The molecular formula is C21H22F4N4O2. The van der Waals surface area contributed by atoms with Crippen molar-refractivity contribution in [1.29, 1.82) is 0 Å². The first-order valence-corrected chi connectivity index (χ1v) is 9.43. The topological polar surface area (TPSA) is 90.5 Å². The van der Waals surface area contributed by atoms with E-state index in [0.29, 0.717) is 5.69 Å². The van der Waals surface area contributed by atoms with Crippen LogP contribution in [0.2, 0.25) is 0 Å². The molecule has 2 aromatic rings. The molecule has 31 heavy (non-hydrogen) atoms. The van der Waals surface area contributed by atoms with Gasteiger partial charge in [0.25, 0.3) is 5.92 Å². The number of hydrogen-bond donors (Lipinski definition) is 1. The quantitative estimate of drug-likeness (QED) is 0.568. The van der Waals surface area contributed by atoms with Crippen molar-refractivity contribution in [3.8, 4) is 5.88 Å². The molecule has 10 heteroatoms. The minimum atomic E-state index is -3.72. The molecule has 1 aliphatic heterocycles. The van der Waals surface area contributed by atoms with Crippen LogP contribution in [-0.4, -0.2) is 40.3 Å². The van der Waals surface area contributed by atoms with E-state index in [9.17, 15) is 22.4 Å². The van der Waals surface area contributed by atoms with E-state index in [1.807, 2.05) is 0 Å². The second kappa shape index (κ2) is 7.58. The number of aliphatic imine (C=N–C) groups is 1. The predicted molar refractivity (Wildman–Crippen MR) is 106 cm³/mol. The summed E-state index contributed by atoms with van der Waals surface area (Å²) in [7, 11) is 1.41. The highest BCUT2D eigenvalue weighted by molar-refractivity contribution is 5.96. The number of ether oxygens (including phenoxy) is 1. The highest BCUT2D eigenvalue weighted by atomic mass is 19.3. The number of amidine groups is 1. The van der Waals surface area contributed by atoms with Gasteiger partial charge in [0.2, 0.25) is 5.88 Å². The Hall–Kier alpha value is -3.04. The lowest BCUT2D eigenvalue weighted by molar-refractivity contribution is -0.106. The van der Waals surface area contributed by atoms with Gasteiger partial charge < -0.3 is 10.5 Å². The van der Waals surface area contributed by atoms with Crippen LogP contribution < -0.4 is 10.5 Å². The first kappa shape index (κ1) is 22.6. The van der Waals surface area contributed by atoms with Crippen LogP contribution in [0.1, 0.15) is 47.6 Å². The van der Waals surface area contributed by atoms with Gasteiger partial charge in [-0.05, 0) is 38.5 Å². The van der Waals surface area contributed by atoms with Crippen molar-refractivity contribution < 1.29 is 27.1 Å². The van der Waals surface area contributed by atoms with Crippen molar-refractivity contribution >= 4 is 11.6 Å². The zero-order valence-corrected chi connectivity index (χ0v) is 17.5. The van der Waals surface area contributed by atoms with Crippen LogP contribution >= 0.6 is 0 Å². The first-order valence-electron chi connectivity index (χ1n) is 9.43. The van der Waals surface area contributed by atoms with Gasteiger partial charge in [-0.2, -0.15) is 0 Å². The van der Waals surface area contributed by atoms with Crippen LogP contribution in [0.3, 0.4) is 0 Å². The molecule has 6 nitrogen and oxygen atoms in total. The van der Waals surface area contributed by atoms with E-state index in [2.05, 4.69) is 15.0 Å². The molecule has 0 saturated heterocycles. The van der Waals surface area contributed by atoms with Gasteiger partial charge in [0, 0.05) is 12.0 Å². The molecule has 0 amide bonds. The third-order valence-corrected chi connectivity index (χ3v) is 5.46. The van der Waals surface area contributed by atoms with E-state index in [1.54, 1.807) is 6.92 Å². The van der Waals surface area contributed by atoms with Crippen LogP contribution in [0.15, 0.2) is 29.4 Å². The van der Waals surface area contributed by atoms with Crippen molar-refractivity contribution in [1.82, 2.24) is 9.97 Å². The normalized spacial score (nSPS) is 25.1. The minimum absolute atomic E-state index is 0.0799. The molecule has 3 rings (SSSR count). The first-order chi connectivity index (χ1) is 14.3. The molecule has 0 fully saturated rings. The Morgan fingerprint density at radius 1 is 1.26 bits per heavy atom. The van der Waals surface area contributed by atoms with Crippen molar-refractivity contribution in [2.45, 2.75) is 50.7 Å². The van der Waals surface area contributed by atoms with Gasteiger partial charge in [-0.15, -0.1) is 0 Å². The summed E-state index contributed by atoms with van der Waals surface area (Å²) >= 11 is 0. The van der Waals surface area contributed by atoms with Crippen LogP contribution in [0.4, 0.5) is 17.6 Å². The smallest absolute Gasteiger partial charge is 0.280 e. The lowest BCUT2D eigenvalue weighted by Gasteiger charge is -2.42. The number of aryl methyl sites for hydroxylation is 1. The lowest BCUT2D eigenvalue weighted by atomic mass is 9.77. The number of benzene rings is 1. The number of rotatable bonds is 5. The van der Waals surface area contributed by atoms with E-state index in [4.69, 9.17) is 10.5 Å². The van der Waals surface area contributed by atoms with Crippen LogP contribution in [0.25, 0.3) is 0 Å². The van der Waals surface area contributed by atoms with Gasteiger partial charge in [0.1, 0.15) is 17.3 Å². The Kier molecular flexibility index (Phi) is 5.54. The molecule has 0 spiro atoms. The van der Waals surface area contributed by atoms with E-state index in [1.165, 1.54) is 19.4 Å². The average molecular weight is 438 g/mol. The number of carbonyl (C=O) groups is 1. The summed E-state index contributed by atoms with van der Waals surface area (Å²) in [6.07, 6.45) is -0.197. The number of ketones is 1. The van der Waals surface area contributed by atoms with Crippen molar-refractivity contribution in [2.24, 2.45) is 10.7 Å². The zero-order chi connectivity index (χ0) is 23.2. The monoisotopic (exact) mass is 438 g/mol. The van der Waals surface area contributed by atoms with Gasteiger partial charge in [-0.3, -0.25) is 9.79 Å². The Morgan fingerprint density at radius 3 is 2.55 bits per heavy atom. The van der Waals surface area contributed by atoms with Gasteiger partial charge in [-0.25, -0.2) is 27.5 Å². The molecule has 166 valence electrons. The van der Waals surface area contributed by atoms with Gasteiger partial charge in [0.15, 0.2) is 17.0 Å². The number of Topliss-reactive ketones (excluding diaryl/α,β-unsaturated/α-hetero) is 1. The third-order valence-electron chi connectivity index (χ3n) is 5.46. The van der Waals surface area contributed by atoms with Crippen molar-refractivity contribution in [3.63, 3.8) is 0 Å². The van der Waals surface area contributed by atoms with Crippen molar-refractivity contribution in [2.75, 3.05) is 7.11 Å². The second-order valence-electron chi connectivity index (χ2n) is 7.91. The predicted octanol–water partition coefficient (Wildman–Crippen LogP) is 3.70. The van der Waals surface area contributed by atoms with E-state index >= 15 is 0 Å². The minimum Gasteiger partial charge on any atom is -0.480 e. The lowest BCUT2D eigenvalue weighted by Crippen LogP contribution is -2.56. The Bertz CT molecular complexity index is 1070. The van der Waals surface area contributed by atoms with Crippen LogP contribution in [-0.2, 0) is 12.0 Å². The SMILES string of the molecule is COc1cnc(C(=O)Cc2ccc(F)c([C@@]3(C)N=C(N)[C@@](C)(F)CC3(F)F)c2)c(C)n1. The molecule has 1 aliphatic rings. The molecule has 1 aromatic carbocycles. The Morgan fingerprint density at radius 2 is 1.94 bits per heavy atom. The third kappa shape index (κ3) is 3.98. The Balaban J connectivity index is 1.99. The molecular weight excluding hydrogens is 416 g/mol. The van der Waals surface area contributed by atoms with Crippen LogP contribution in [0.5, 0.6) is 5.88 Å². The maximum atomic E-state index is 14.9. The van der Waals surface area contributed by atoms with E-state index in [0.717, 1.165) is 26.0 Å². The standard InChI is InChI=1S/C21H22F4N4O2/c1-11-17(27-9-16(28-11)31-4)15(30)8-12-5-6-14(22)13(7-12)20(3)21(24,25)10-19(2,23)18(26)29-20/h5-7,9H,8,10H2,1-4H3,(H2,26,29)/t19-,20+/m0/s1. The zero-order valence-electron chi connectivity index (χ0n) is 17.5. The number of methoxy groups -OCH3 is 1. The summed E-state index contributed by atoms with van der Waals surface area (Å²) in [5.41, 5.74) is 0.825. The van der Waals surface area contributed by atoms with Crippen LogP contribution in [0, 0.1) is 12.7 Å². The highest BCUT2D eigenvalue weighted by Crippen LogP contribution is 2.50. The number of carbonyl (C=O) groups excluding carboxylic acids is 1. The van der Waals surface area contributed by atoms with Gasteiger partial charge in [-0.1, -0.05) is 6.07 Å². The fourth-order valence-electron chi connectivity index (χ4n) is 3.53. The summed E-state index contributed by atoms with van der Waals surface area (Å²) in [4.78, 5) is 24.4. The molecule has 0 saturated carbocycles. The number of halogens is 4.